The Bertz CT molecular complexity index is 479. The lowest BCUT2D eigenvalue weighted by atomic mass is 9.93. The molecule has 0 amide bonds. The second kappa shape index (κ2) is 4.59. The third kappa shape index (κ3) is 2.47. The number of aromatic hydroxyl groups is 1. The number of likely N-dealkylation sites (N-methyl/N-ethyl adjacent to an activating group) is 1. The number of phenolic OH excluding ortho intramolecular Hbond substituents is 1. The van der Waals surface area contributed by atoms with Crippen LogP contribution in [0.25, 0.3) is 5.57 Å². The van der Waals surface area contributed by atoms with Crippen LogP contribution in [-0.4, -0.2) is 41.2 Å². The van der Waals surface area contributed by atoms with Crippen molar-refractivity contribution in [3.05, 3.63) is 35.4 Å². The van der Waals surface area contributed by atoms with Gasteiger partial charge in [-0.1, -0.05) is 12.1 Å². The highest BCUT2D eigenvalue weighted by Crippen LogP contribution is 2.28. The van der Waals surface area contributed by atoms with Crippen LogP contribution in [0, 0.1) is 0 Å². The summed E-state index contributed by atoms with van der Waals surface area (Å²) >= 11 is 0. The Morgan fingerprint density at radius 1 is 1.41 bits per heavy atom. The van der Waals surface area contributed by atoms with Gasteiger partial charge < -0.3 is 15.1 Å². The molecular formula is C13H15NO3. The van der Waals surface area contributed by atoms with Gasteiger partial charge in [0.2, 0.25) is 0 Å². The average molecular weight is 233 g/mol. The third-order valence-electron chi connectivity index (χ3n) is 2.99. The molecule has 0 radical (unpaired) electrons. The number of benzene rings is 1. The second-order valence-electron chi connectivity index (χ2n) is 4.30. The van der Waals surface area contributed by atoms with Crippen LogP contribution in [-0.2, 0) is 4.79 Å². The molecule has 1 aromatic rings. The predicted octanol–water partition coefficient (Wildman–Crippen LogP) is 1.57. The topological polar surface area (TPSA) is 60.8 Å². The van der Waals surface area contributed by atoms with Gasteiger partial charge >= 0.3 is 5.97 Å². The van der Waals surface area contributed by atoms with Crippen molar-refractivity contribution in [1.29, 1.82) is 0 Å². The van der Waals surface area contributed by atoms with Gasteiger partial charge in [-0.15, -0.1) is 0 Å². The summed E-state index contributed by atoms with van der Waals surface area (Å²) in [5, 5.41) is 18.7. The summed E-state index contributed by atoms with van der Waals surface area (Å²) in [7, 11) is 1.90. The summed E-state index contributed by atoms with van der Waals surface area (Å²) in [6.07, 6.45) is 0.696. The van der Waals surface area contributed by atoms with E-state index in [1.54, 1.807) is 18.2 Å². The molecule has 0 unspecified atom stereocenters. The molecule has 2 N–H and O–H groups in total. The fourth-order valence-corrected chi connectivity index (χ4v) is 2.11. The molecule has 2 rings (SSSR count). The first-order valence-corrected chi connectivity index (χ1v) is 5.51. The summed E-state index contributed by atoms with van der Waals surface area (Å²) in [4.78, 5) is 13.2. The monoisotopic (exact) mass is 233 g/mol. The minimum Gasteiger partial charge on any atom is -0.508 e. The van der Waals surface area contributed by atoms with Crippen LogP contribution in [0.5, 0.6) is 5.75 Å². The van der Waals surface area contributed by atoms with Crippen molar-refractivity contribution >= 4 is 11.5 Å². The van der Waals surface area contributed by atoms with E-state index < -0.39 is 5.97 Å². The number of rotatable bonds is 2. The molecular weight excluding hydrogens is 218 g/mol. The Labute approximate surface area is 99.8 Å². The Morgan fingerprint density at radius 3 is 2.82 bits per heavy atom. The molecule has 0 aliphatic carbocycles. The predicted molar refractivity (Wildman–Crippen MR) is 64.8 cm³/mol. The van der Waals surface area contributed by atoms with E-state index >= 15 is 0 Å². The molecule has 90 valence electrons. The van der Waals surface area contributed by atoms with E-state index in [9.17, 15) is 15.0 Å². The van der Waals surface area contributed by atoms with E-state index in [1.807, 2.05) is 18.0 Å². The number of carboxylic acids is 1. The molecule has 1 heterocycles. The van der Waals surface area contributed by atoms with Gasteiger partial charge in [-0.25, -0.2) is 4.79 Å². The van der Waals surface area contributed by atoms with Crippen molar-refractivity contribution in [1.82, 2.24) is 4.90 Å². The fourth-order valence-electron chi connectivity index (χ4n) is 2.11. The summed E-state index contributed by atoms with van der Waals surface area (Å²) < 4.78 is 0. The molecule has 4 heteroatoms. The molecule has 0 spiro atoms. The first-order valence-electron chi connectivity index (χ1n) is 5.51. The molecule has 0 bridgehead atoms. The molecule has 1 aliphatic heterocycles. The number of carboxylic acid groups (broad SMARTS) is 1. The minimum absolute atomic E-state index is 0.165. The van der Waals surface area contributed by atoms with Gasteiger partial charge in [-0.2, -0.15) is 0 Å². The largest absolute Gasteiger partial charge is 0.508 e. The lowest BCUT2D eigenvalue weighted by Crippen LogP contribution is -2.30. The van der Waals surface area contributed by atoms with Crippen LogP contribution in [0.3, 0.4) is 0 Å². The van der Waals surface area contributed by atoms with E-state index in [0.29, 0.717) is 18.5 Å². The molecule has 0 atom stereocenters. The number of carbonyl (C=O) groups is 1. The Kier molecular flexibility index (Phi) is 3.15. The van der Waals surface area contributed by atoms with E-state index in [0.717, 1.165) is 17.7 Å². The van der Waals surface area contributed by atoms with E-state index in [2.05, 4.69) is 0 Å². The SMILES string of the molecule is CN1CCC(c2cccc(O)c2)=C(C(=O)O)C1. The van der Waals surface area contributed by atoms with E-state index in [4.69, 9.17) is 0 Å². The van der Waals surface area contributed by atoms with Gasteiger partial charge in [0, 0.05) is 13.1 Å². The van der Waals surface area contributed by atoms with Gasteiger partial charge in [-0.3, -0.25) is 0 Å². The lowest BCUT2D eigenvalue weighted by Gasteiger charge is -2.26. The highest BCUT2D eigenvalue weighted by molar-refractivity contribution is 5.97. The Balaban J connectivity index is 2.46. The fraction of sp³-hybridized carbons (Fsp3) is 0.308. The van der Waals surface area contributed by atoms with Crippen molar-refractivity contribution in [2.45, 2.75) is 6.42 Å². The van der Waals surface area contributed by atoms with Crippen molar-refractivity contribution in [3.63, 3.8) is 0 Å². The summed E-state index contributed by atoms with van der Waals surface area (Å²) in [6, 6.07) is 6.77. The molecule has 0 saturated carbocycles. The molecule has 1 aromatic carbocycles. The van der Waals surface area contributed by atoms with Crippen LogP contribution in [0.1, 0.15) is 12.0 Å². The maximum absolute atomic E-state index is 11.2. The third-order valence-corrected chi connectivity index (χ3v) is 2.99. The average Bonchev–Trinajstić information content (AvgIpc) is 2.28. The van der Waals surface area contributed by atoms with E-state index in [-0.39, 0.29) is 5.75 Å². The van der Waals surface area contributed by atoms with Gasteiger partial charge in [0.15, 0.2) is 0 Å². The molecule has 0 fully saturated rings. The summed E-state index contributed by atoms with van der Waals surface area (Å²) in [6.45, 7) is 1.28. The standard InChI is InChI=1S/C13H15NO3/c1-14-6-5-11(12(8-14)13(16)17)9-3-2-4-10(15)7-9/h2-4,7,15H,5-6,8H2,1H3,(H,16,17). The van der Waals surface area contributed by atoms with E-state index in [1.165, 1.54) is 0 Å². The van der Waals surface area contributed by atoms with Crippen molar-refractivity contribution < 1.29 is 15.0 Å². The van der Waals surface area contributed by atoms with Gasteiger partial charge in [0.05, 0.1) is 5.57 Å². The molecule has 17 heavy (non-hydrogen) atoms. The van der Waals surface area contributed by atoms with Crippen molar-refractivity contribution in [2.75, 3.05) is 20.1 Å². The zero-order valence-electron chi connectivity index (χ0n) is 9.68. The first-order chi connectivity index (χ1) is 8.08. The normalized spacial score (nSPS) is 17.2. The maximum atomic E-state index is 11.2. The number of aliphatic carboxylic acids is 1. The Hall–Kier alpha value is -1.81. The van der Waals surface area contributed by atoms with Gasteiger partial charge in [0.25, 0.3) is 0 Å². The molecule has 1 aliphatic rings. The lowest BCUT2D eigenvalue weighted by molar-refractivity contribution is -0.132. The van der Waals surface area contributed by atoms with Gasteiger partial charge in [-0.05, 0) is 36.7 Å². The highest BCUT2D eigenvalue weighted by Gasteiger charge is 2.22. The smallest absolute Gasteiger partial charge is 0.333 e. The van der Waals surface area contributed by atoms with Crippen LogP contribution < -0.4 is 0 Å². The first kappa shape index (κ1) is 11.7. The summed E-state index contributed by atoms with van der Waals surface area (Å²) in [5.41, 5.74) is 2.05. The maximum Gasteiger partial charge on any atom is 0.333 e. The van der Waals surface area contributed by atoms with Crippen LogP contribution >= 0.6 is 0 Å². The highest BCUT2D eigenvalue weighted by atomic mass is 16.4. The summed E-state index contributed by atoms with van der Waals surface area (Å²) in [5.74, 6) is -0.714. The zero-order valence-corrected chi connectivity index (χ0v) is 9.68. The number of hydrogen-bond donors (Lipinski definition) is 2. The van der Waals surface area contributed by atoms with Crippen molar-refractivity contribution in [2.24, 2.45) is 0 Å². The second-order valence-corrected chi connectivity index (χ2v) is 4.30. The van der Waals surface area contributed by atoms with Gasteiger partial charge in [0.1, 0.15) is 5.75 Å². The van der Waals surface area contributed by atoms with Crippen molar-refractivity contribution in [3.8, 4) is 5.75 Å². The van der Waals surface area contributed by atoms with Crippen LogP contribution in [0.4, 0.5) is 0 Å². The quantitative estimate of drug-likeness (QED) is 0.814. The number of hydrogen-bond acceptors (Lipinski definition) is 3. The minimum atomic E-state index is -0.880. The van der Waals surface area contributed by atoms with Crippen LogP contribution in [0.2, 0.25) is 0 Å². The molecule has 0 saturated heterocycles. The number of nitrogens with zero attached hydrogens (tertiary/aromatic N) is 1. The molecule has 4 nitrogen and oxygen atoms in total. The zero-order chi connectivity index (χ0) is 12.4. The Morgan fingerprint density at radius 2 is 2.18 bits per heavy atom. The number of phenols is 1. The molecule has 0 aromatic heterocycles. The van der Waals surface area contributed by atoms with Crippen LogP contribution in [0.15, 0.2) is 29.8 Å².